The van der Waals surface area contributed by atoms with Crippen LogP contribution in [0.4, 0.5) is 4.79 Å². The first-order chi connectivity index (χ1) is 23.9. The Bertz CT molecular complexity index is 1370. The Kier molecular flexibility index (Phi) is 14.0. The van der Waals surface area contributed by atoms with Crippen LogP contribution in [-0.4, -0.2) is 102 Å². The molecule has 4 fully saturated rings. The van der Waals surface area contributed by atoms with Gasteiger partial charge >= 0.3 is 6.03 Å². The van der Waals surface area contributed by atoms with E-state index in [-0.39, 0.29) is 30.2 Å². The molecule has 0 aromatic heterocycles. The smallest absolute Gasteiger partial charge is 0.315 e. The van der Waals surface area contributed by atoms with Gasteiger partial charge in [-0.3, -0.25) is 19.2 Å². The molecule has 0 radical (unpaired) electrons. The molecule has 2 saturated heterocycles. The van der Waals surface area contributed by atoms with Crippen LogP contribution in [0.15, 0.2) is 0 Å². The Morgan fingerprint density at radius 2 is 1.57 bits per heavy atom. The second-order valence-corrected chi connectivity index (χ2v) is 19.6. The van der Waals surface area contributed by atoms with Gasteiger partial charge in [0, 0.05) is 19.2 Å². The summed E-state index contributed by atoms with van der Waals surface area (Å²) in [6.45, 7) is 11.4. The third kappa shape index (κ3) is 11.1. The minimum Gasteiger partial charge on any atom is -0.376 e. The summed E-state index contributed by atoms with van der Waals surface area (Å²) in [6.07, 6.45) is 9.03. The highest BCUT2D eigenvalue weighted by atomic mass is 32.2. The second kappa shape index (κ2) is 17.4. The molecule has 2 aliphatic heterocycles. The van der Waals surface area contributed by atoms with Crippen LogP contribution in [0.5, 0.6) is 0 Å². The van der Waals surface area contributed by atoms with Gasteiger partial charge in [0.2, 0.25) is 17.6 Å². The van der Waals surface area contributed by atoms with E-state index in [1.807, 2.05) is 13.8 Å². The maximum atomic E-state index is 14.6. The zero-order chi connectivity index (χ0) is 37.6. The Labute approximate surface area is 304 Å². The fourth-order valence-corrected chi connectivity index (χ4v) is 8.98. The van der Waals surface area contributed by atoms with Crippen molar-refractivity contribution in [3.05, 3.63) is 0 Å². The molecule has 0 aromatic rings. The molecule has 0 aromatic carbocycles. The molecule has 0 spiro atoms. The summed E-state index contributed by atoms with van der Waals surface area (Å²) in [5.74, 6) is -2.42. The monoisotopic (exact) mass is 737 g/mol. The number of carbonyl (C=O) groups excluding carboxylic acids is 5. The quantitative estimate of drug-likeness (QED) is 0.273. The number of sulfone groups is 1. The normalized spacial score (nSPS) is 28.8. The summed E-state index contributed by atoms with van der Waals surface area (Å²) in [4.78, 5) is 70.0. The van der Waals surface area contributed by atoms with Crippen LogP contribution in [0.3, 0.4) is 0 Å². The third-order valence-corrected chi connectivity index (χ3v) is 14.1. The zero-order valence-corrected chi connectivity index (χ0v) is 32.5. The van der Waals surface area contributed by atoms with Crippen LogP contribution >= 0.6 is 0 Å². The summed E-state index contributed by atoms with van der Waals surface area (Å²) in [5, 5.41) is 11.5. The van der Waals surface area contributed by atoms with Crippen molar-refractivity contribution < 1.29 is 37.1 Å². The average Bonchev–Trinajstić information content (AvgIpc) is 3.74. The third-order valence-electron chi connectivity index (χ3n) is 11.3. The van der Waals surface area contributed by atoms with Gasteiger partial charge in [0.1, 0.15) is 12.1 Å². The molecular formula is C37H63N5O8S. The molecular weight excluding hydrogens is 675 g/mol. The van der Waals surface area contributed by atoms with Crippen molar-refractivity contribution in [2.24, 2.45) is 11.8 Å². The number of nitrogens with one attached hydrogen (secondary N) is 4. The Morgan fingerprint density at radius 3 is 2.20 bits per heavy atom. The second-order valence-electron chi connectivity index (χ2n) is 16.8. The fraction of sp³-hybridized carbons (Fsp3) is 0.865. The highest BCUT2D eigenvalue weighted by molar-refractivity contribution is 7.92. The lowest BCUT2D eigenvalue weighted by Gasteiger charge is -2.40. The van der Waals surface area contributed by atoms with Gasteiger partial charge in [0.15, 0.2) is 9.84 Å². The van der Waals surface area contributed by atoms with E-state index >= 15 is 0 Å². The van der Waals surface area contributed by atoms with Gasteiger partial charge in [-0.15, -0.1) is 0 Å². The average molecular weight is 738 g/mol. The highest BCUT2D eigenvalue weighted by Gasteiger charge is 2.47. The molecule has 4 rings (SSSR count). The van der Waals surface area contributed by atoms with Gasteiger partial charge in [-0.1, -0.05) is 58.8 Å². The van der Waals surface area contributed by atoms with Crippen LogP contribution in [-0.2, 0) is 33.8 Å². The first kappa shape index (κ1) is 41.0. The van der Waals surface area contributed by atoms with Gasteiger partial charge in [0.05, 0.1) is 28.2 Å². The molecule has 0 bridgehead atoms. The number of carbonyl (C=O) groups is 5. The Hall–Kier alpha value is -2.74. The van der Waals surface area contributed by atoms with Gasteiger partial charge in [-0.05, 0) is 84.5 Å². The first-order valence-electron chi connectivity index (χ1n) is 19.3. The van der Waals surface area contributed by atoms with Crippen molar-refractivity contribution in [1.29, 1.82) is 0 Å². The zero-order valence-electron chi connectivity index (χ0n) is 31.7. The molecule has 2 aliphatic carbocycles. The van der Waals surface area contributed by atoms with E-state index in [1.165, 1.54) is 4.90 Å². The summed E-state index contributed by atoms with van der Waals surface area (Å²) in [7, 11) is -3.58. The maximum Gasteiger partial charge on any atom is 0.315 e. The molecule has 290 valence electrons. The van der Waals surface area contributed by atoms with E-state index in [0.29, 0.717) is 38.7 Å². The number of rotatable bonds is 8. The maximum absolute atomic E-state index is 14.6. The van der Waals surface area contributed by atoms with Gasteiger partial charge < -0.3 is 30.9 Å². The van der Waals surface area contributed by atoms with Crippen LogP contribution in [0.1, 0.15) is 131 Å². The molecule has 5 atom stereocenters. The molecule has 2 heterocycles. The number of nitrogens with zero attached hydrogens (tertiary/aromatic N) is 1. The van der Waals surface area contributed by atoms with Crippen molar-refractivity contribution >= 4 is 39.4 Å². The molecule has 2 saturated carbocycles. The van der Waals surface area contributed by atoms with Crippen LogP contribution < -0.4 is 21.3 Å². The number of ketones is 1. The van der Waals surface area contributed by atoms with Crippen molar-refractivity contribution in [2.75, 3.05) is 18.9 Å². The predicted octanol–water partition coefficient (Wildman–Crippen LogP) is 3.54. The molecule has 0 unspecified atom stereocenters. The van der Waals surface area contributed by atoms with Crippen molar-refractivity contribution in [3.8, 4) is 0 Å². The summed E-state index contributed by atoms with van der Waals surface area (Å²) in [5.41, 5.74) is -0.980. The van der Waals surface area contributed by atoms with Gasteiger partial charge in [-0.25, -0.2) is 13.2 Å². The molecule has 51 heavy (non-hydrogen) atoms. The van der Waals surface area contributed by atoms with Gasteiger partial charge in [0.25, 0.3) is 5.91 Å². The SMILES string of the molecule is CC(C)[C@@H]1C[C@H]2C(=O)N[C@H](C(=O)C(=O)NC3CC3)CCCCCCCO[C@@H](C)[C@H](NC(=O)NC3(CS(=O)(=O)C(C)(C)C)CCCCC3)C(=O)N2C1. The summed E-state index contributed by atoms with van der Waals surface area (Å²) >= 11 is 0. The standard InChI is InChI=1S/C37H63N5O8S/c1-24(2)26-21-29-32(44)39-28(31(43)33(45)38-27-16-17-27)15-11-8-7-9-14-20-50-25(3)30(34(46)42(29)22-26)40-35(47)41-37(18-12-10-13-19-37)23-51(48,49)36(4,5)6/h24-30H,7-23H2,1-6H3,(H,38,45)(H,39,44)(H2,40,41,47)/t25-,26+,28-,29-,30-/m0/s1. The largest absolute Gasteiger partial charge is 0.376 e. The van der Waals surface area contributed by atoms with E-state index < -0.39 is 73.9 Å². The van der Waals surface area contributed by atoms with Crippen LogP contribution in [0, 0.1) is 11.8 Å². The lowest BCUT2D eigenvalue weighted by molar-refractivity contribution is -0.144. The number of amides is 5. The number of urea groups is 1. The van der Waals surface area contributed by atoms with Gasteiger partial charge in [-0.2, -0.15) is 0 Å². The van der Waals surface area contributed by atoms with Crippen LogP contribution in [0.25, 0.3) is 0 Å². The van der Waals surface area contributed by atoms with E-state index in [9.17, 15) is 32.4 Å². The lowest BCUT2D eigenvalue weighted by Crippen LogP contribution is -2.63. The predicted molar refractivity (Wildman–Crippen MR) is 194 cm³/mol. The molecule has 5 amide bonds. The number of Topliss-reactive ketones (excluding diaryl/α,β-unsaturated/α-hetero) is 1. The number of hydrogen-bond acceptors (Lipinski definition) is 8. The van der Waals surface area contributed by atoms with Crippen molar-refractivity contribution in [2.45, 2.75) is 172 Å². The molecule has 14 heteroatoms. The minimum absolute atomic E-state index is 0.000170. The van der Waals surface area contributed by atoms with E-state index in [4.69, 9.17) is 4.74 Å². The molecule has 4 aliphatic rings. The highest BCUT2D eigenvalue weighted by Crippen LogP contribution is 2.33. The molecule has 4 N–H and O–H groups in total. The van der Waals surface area contributed by atoms with Crippen LogP contribution in [0.2, 0.25) is 0 Å². The van der Waals surface area contributed by atoms with E-state index in [2.05, 4.69) is 21.3 Å². The first-order valence-corrected chi connectivity index (χ1v) is 21.0. The Balaban J connectivity index is 1.60. The number of hydrogen-bond donors (Lipinski definition) is 4. The Morgan fingerprint density at radius 1 is 0.941 bits per heavy atom. The topological polar surface area (TPSA) is 180 Å². The number of ether oxygens (including phenoxy) is 1. The molecule has 13 nitrogen and oxygen atoms in total. The van der Waals surface area contributed by atoms with Crippen molar-refractivity contribution in [1.82, 2.24) is 26.2 Å². The minimum atomic E-state index is -3.58. The van der Waals surface area contributed by atoms with E-state index in [1.54, 1.807) is 27.7 Å². The summed E-state index contributed by atoms with van der Waals surface area (Å²) in [6, 6.07) is -3.74. The lowest BCUT2D eigenvalue weighted by atomic mass is 9.83. The summed E-state index contributed by atoms with van der Waals surface area (Å²) < 4.78 is 31.9. The van der Waals surface area contributed by atoms with E-state index in [0.717, 1.165) is 57.8 Å². The van der Waals surface area contributed by atoms with Crippen molar-refractivity contribution in [3.63, 3.8) is 0 Å². The number of fused-ring (bicyclic) bond motifs is 1. The fourth-order valence-electron chi connectivity index (χ4n) is 7.46.